The topological polar surface area (TPSA) is 99.3 Å². The molecule has 3 amide bonds. The molecule has 7 nitrogen and oxygen atoms in total. The van der Waals surface area contributed by atoms with Crippen molar-refractivity contribution < 1.29 is 14.4 Å². The maximum atomic E-state index is 12.4. The molecular formula is C28H32N4O3. The van der Waals surface area contributed by atoms with Crippen LogP contribution in [0.1, 0.15) is 42.6 Å². The SMILES string of the molecule is CCC(C)NC(=O)c1ccc(NCC(=O)Nc2cccc(NC(=O)CCc3ccccc3)c2)cc1. The van der Waals surface area contributed by atoms with Gasteiger partial charge in [0.2, 0.25) is 11.8 Å². The van der Waals surface area contributed by atoms with Gasteiger partial charge in [-0.05, 0) is 67.8 Å². The number of rotatable bonds is 11. The second kappa shape index (κ2) is 12.9. The van der Waals surface area contributed by atoms with Crippen LogP contribution in [-0.4, -0.2) is 30.3 Å². The van der Waals surface area contributed by atoms with Gasteiger partial charge in [-0.2, -0.15) is 0 Å². The van der Waals surface area contributed by atoms with Crippen molar-refractivity contribution in [2.75, 3.05) is 22.5 Å². The Balaban J connectivity index is 1.45. The number of benzene rings is 3. The lowest BCUT2D eigenvalue weighted by Crippen LogP contribution is -2.31. The van der Waals surface area contributed by atoms with Crippen molar-refractivity contribution in [1.29, 1.82) is 0 Å². The summed E-state index contributed by atoms with van der Waals surface area (Å²) in [5.74, 6) is -0.424. The summed E-state index contributed by atoms with van der Waals surface area (Å²) in [7, 11) is 0. The lowest BCUT2D eigenvalue weighted by atomic mass is 10.1. The van der Waals surface area contributed by atoms with Crippen molar-refractivity contribution >= 4 is 34.8 Å². The second-order valence-corrected chi connectivity index (χ2v) is 8.38. The van der Waals surface area contributed by atoms with Crippen LogP contribution in [0.2, 0.25) is 0 Å². The number of hydrogen-bond donors (Lipinski definition) is 4. The second-order valence-electron chi connectivity index (χ2n) is 8.38. The van der Waals surface area contributed by atoms with Gasteiger partial charge in [0.15, 0.2) is 0 Å². The van der Waals surface area contributed by atoms with Crippen LogP contribution in [0.5, 0.6) is 0 Å². The number of carbonyl (C=O) groups excluding carboxylic acids is 3. The van der Waals surface area contributed by atoms with Gasteiger partial charge >= 0.3 is 0 Å². The fourth-order valence-corrected chi connectivity index (χ4v) is 3.34. The maximum absolute atomic E-state index is 12.4. The highest BCUT2D eigenvalue weighted by atomic mass is 16.2. The zero-order chi connectivity index (χ0) is 25.0. The standard InChI is InChI=1S/C28H32N4O3/c1-3-20(2)30-28(35)22-13-15-23(16-14-22)29-19-27(34)32-25-11-7-10-24(18-25)31-26(33)17-12-21-8-5-4-6-9-21/h4-11,13-16,18,20,29H,3,12,17,19H2,1-2H3,(H,30,35)(H,31,33)(H,32,34). The Morgan fingerprint density at radius 2 is 1.43 bits per heavy atom. The minimum Gasteiger partial charge on any atom is -0.376 e. The van der Waals surface area contributed by atoms with Gasteiger partial charge in [0.25, 0.3) is 5.91 Å². The molecule has 0 radical (unpaired) electrons. The molecule has 1 atom stereocenters. The highest BCUT2D eigenvalue weighted by molar-refractivity contribution is 5.96. The third kappa shape index (κ3) is 8.62. The van der Waals surface area contributed by atoms with Gasteiger partial charge in [0, 0.05) is 35.1 Å². The molecule has 0 aliphatic rings. The zero-order valence-corrected chi connectivity index (χ0v) is 20.1. The van der Waals surface area contributed by atoms with E-state index in [1.54, 1.807) is 48.5 Å². The van der Waals surface area contributed by atoms with Gasteiger partial charge in [0.1, 0.15) is 0 Å². The summed E-state index contributed by atoms with van der Waals surface area (Å²) in [6.45, 7) is 4.04. The summed E-state index contributed by atoms with van der Waals surface area (Å²) in [5, 5.41) is 11.7. The molecule has 0 aliphatic heterocycles. The Labute approximate surface area is 206 Å². The Bertz CT molecular complexity index is 1130. The fourth-order valence-electron chi connectivity index (χ4n) is 3.34. The third-order valence-electron chi connectivity index (χ3n) is 5.50. The first-order valence-corrected chi connectivity index (χ1v) is 11.8. The summed E-state index contributed by atoms with van der Waals surface area (Å²) in [4.78, 5) is 36.8. The molecule has 182 valence electrons. The number of nitrogens with one attached hydrogen (secondary N) is 4. The van der Waals surface area contributed by atoms with E-state index in [-0.39, 0.29) is 30.3 Å². The molecule has 0 saturated heterocycles. The van der Waals surface area contributed by atoms with Crippen LogP contribution in [0.15, 0.2) is 78.9 Å². The van der Waals surface area contributed by atoms with Crippen molar-refractivity contribution in [3.8, 4) is 0 Å². The molecule has 0 fully saturated rings. The first-order valence-electron chi connectivity index (χ1n) is 11.8. The molecule has 0 aliphatic carbocycles. The van der Waals surface area contributed by atoms with E-state index in [0.29, 0.717) is 29.8 Å². The Morgan fingerprint density at radius 1 is 0.771 bits per heavy atom. The van der Waals surface area contributed by atoms with E-state index in [1.807, 2.05) is 44.2 Å². The molecule has 0 heterocycles. The normalized spacial score (nSPS) is 11.3. The molecule has 1 unspecified atom stereocenters. The quantitative estimate of drug-likeness (QED) is 0.321. The van der Waals surface area contributed by atoms with Crippen LogP contribution in [0.3, 0.4) is 0 Å². The molecular weight excluding hydrogens is 440 g/mol. The van der Waals surface area contributed by atoms with E-state index in [4.69, 9.17) is 0 Å². The van der Waals surface area contributed by atoms with Crippen LogP contribution < -0.4 is 21.3 Å². The van der Waals surface area contributed by atoms with E-state index >= 15 is 0 Å². The number of hydrogen-bond acceptors (Lipinski definition) is 4. The molecule has 3 aromatic carbocycles. The van der Waals surface area contributed by atoms with E-state index < -0.39 is 0 Å². The Hall–Kier alpha value is -4.13. The highest BCUT2D eigenvalue weighted by Gasteiger charge is 2.09. The van der Waals surface area contributed by atoms with Crippen LogP contribution in [0.25, 0.3) is 0 Å². The first-order chi connectivity index (χ1) is 16.9. The maximum Gasteiger partial charge on any atom is 0.251 e. The van der Waals surface area contributed by atoms with Gasteiger partial charge in [-0.3, -0.25) is 14.4 Å². The summed E-state index contributed by atoms with van der Waals surface area (Å²) in [5.41, 5.74) is 3.64. The third-order valence-corrected chi connectivity index (χ3v) is 5.50. The molecule has 3 aromatic rings. The van der Waals surface area contributed by atoms with Crippen LogP contribution in [0, 0.1) is 0 Å². The van der Waals surface area contributed by atoms with Crippen molar-refractivity contribution in [2.24, 2.45) is 0 Å². The lowest BCUT2D eigenvalue weighted by Gasteiger charge is -2.12. The number of carbonyl (C=O) groups is 3. The number of anilines is 3. The van der Waals surface area contributed by atoms with Crippen molar-refractivity contribution in [3.05, 3.63) is 90.0 Å². The van der Waals surface area contributed by atoms with E-state index in [2.05, 4.69) is 21.3 Å². The highest BCUT2D eigenvalue weighted by Crippen LogP contribution is 2.16. The zero-order valence-electron chi connectivity index (χ0n) is 20.1. The van der Waals surface area contributed by atoms with Crippen LogP contribution in [-0.2, 0) is 16.0 Å². The molecule has 0 bridgehead atoms. The first kappa shape index (κ1) is 25.5. The fraction of sp³-hybridized carbons (Fsp3) is 0.250. The monoisotopic (exact) mass is 472 g/mol. The Morgan fingerprint density at radius 3 is 2.09 bits per heavy atom. The minimum absolute atomic E-state index is 0.0616. The summed E-state index contributed by atoms with van der Waals surface area (Å²) in [6, 6.07) is 24.0. The number of amides is 3. The molecule has 35 heavy (non-hydrogen) atoms. The Kier molecular flexibility index (Phi) is 9.42. The molecule has 0 aromatic heterocycles. The van der Waals surface area contributed by atoms with Gasteiger partial charge < -0.3 is 21.3 Å². The minimum atomic E-state index is -0.226. The lowest BCUT2D eigenvalue weighted by molar-refractivity contribution is -0.116. The molecule has 4 N–H and O–H groups in total. The molecule has 0 saturated carbocycles. The van der Waals surface area contributed by atoms with Crippen LogP contribution >= 0.6 is 0 Å². The average Bonchev–Trinajstić information content (AvgIpc) is 2.87. The predicted octanol–water partition coefficient (Wildman–Crippen LogP) is 4.84. The van der Waals surface area contributed by atoms with Gasteiger partial charge in [-0.15, -0.1) is 0 Å². The molecule has 0 spiro atoms. The van der Waals surface area contributed by atoms with Crippen molar-refractivity contribution in [3.63, 3.8) is 0 Å². The predicted molar refractivity (Wildman–Crippen MR) is 141 cm³/mol. The van der Waals surface area contributed by atoms with E-state index in [0.717, 1.165) is 17.7 Å². The van der Waals surface area contributed by atoms with Gasteiger partial charge in [-0.1, -0.05) is 43.3 Å². The largest absolute Gasteiger partial charge is 0.376 e. The van der Waals surface area contributed by atoms with Crippen molar-refractivity contribution in [2.45, 2.75) is 39.2 Å². The molecule has 7 heteroatoms. The van der Waals surface area contributed by atoms with Crippen molar-refractivity contribution in [1.82, 2.24) is 5.32 Å². The van der Waals surface area contributed by atoms with Gasteiger partial charge in [0.05, 0.1) is 6.54 Å². The smallest absolute Gasteiger partial charge is 0.251 e. The summed E-state index contributed by atoms with van der Waals surface area (Å²) < 4.78 is 0. The van der Waals surface area contributed by atoms with E-state index in [1.165, 1.54) is 0 Å². The summed E-state index contributed by atoms with van der Waals surface area (Å²) in [6.07, 6.45) is 1.91. The average molecular weight is 473 g/mol. The van der Waals surface area contributed by atoms with Crippen LogP contribution in [0.4, 0.5) is 17.1 Å². The van der Waals surface area contributed by atoms with Gasteiger partial charge in [-0.25, -0.2) is 0 Å². The van der Waals surface area contributed by atoms with E-state index in [9.17, 15) is 14.4 Å². The summed E-state index contributed by atoms with van der Waals surface area (Å²) >= 11 is 0. The number of aryl methyl sites for hydroxylation is 1. The molecule has 3 rings (SSSR count).